The quantitative estimate of drug-likeness (QED) is 0.831. The lowest BCUT2D eigenvalue weighted by Crippen LogP contribution is -2.17. The van der Waals surface area contributed by atoms with E-state index in [1.54, 1.807) is 0 Å². The summed E-state index contributed by atoms with van der Waals surface area (Å²) in [6.45, 7) is 9.30. The first kappa shape index (κ1) is 16.1. The van der Waals surface area contributed by atoms with Crippen LogP contribution in [0.1, 0.15) is 32.2 Å². The maximum Gasteiger partial charge on any atom is 0.0738 e. The summed E-state index contributed by atoms with van der Waals surface area (Å²) in [5.41, 5.74) is 2.10. The van der Waals surface area contributed by atoms with E-state index in [4.69, 9.17) is 0 Å². The molecule has 0 aliphatic heterocycles. The Kier molecular flexibility index (Phi) is 6.74. The van der Waals surface area contributed by atoms with Crippen molar-refractivity contribution in [3.8, 4) is 0 Å². The zero-order valence-electron chi connectivity index (χ0n) is 11.6. The number of hydrogen-bond acceptors (Lipinski definition) is 3. The number of halogens is 1. The second-order valence-electron chi connectivity index (χ2n) is 4.95. The molecule has 0 aliphatic carbocycles. The molecule has 18 heavy (non-hydrogen) atoms. The molecular weight excluding hydrogens is 312 g/mol. The number of thioether (sulfide) groups is 1. The molecule has 0 bridgehead atoms. The molecule has 1 aromatic heterocycles. The van der Waals surface area contributed by atoms with Crippen molar-refractivity contribution in [1.29, 1.82) is 0 Å². The zero-order chi connectivity index (χ0) is 13.7. The normalized spacial score (nSPS) is 13.3. The molecule has 1 aromatic rings. The van der Waals surface area contributed by atoms with Crippen molar-refractivity contribution in [2.75, 3.05) is 11.5 Å². The van der Waals surface area contributed by atoms with Gasteiger partial charge in [-0.2, -0.15) is 16.9 Å². The molecule has 0 fully saturated rings. The molecule has 0 amide bonds. The summed E-state index contributed by atoms with van der Waals surface area (Å²) in [5.74, 6) is 2.57. The van der Waals surface area contributed by atoms with E-state index in [-0.39, 0.29) is 6.10 Å². The van der Waals surface area contributed by atoms with Crippen molar-refractivity contribution in [3.63, 3.8) is 0 Å². The van der Waals surface area contributed by atoms with Crippen LogP contribution < -0.4 is 0 Å². The summed E-state index contributed by atoms with van der Waals surface area (Å²) in [6, 6.07) is 0. The molecule has 1 N–H and O–H groups in total. The summed E-state index contributed by atoms with van der Waals surface area (Å²) < 4.78 is 3.01. The number of aromatic nitrogens is 2. The van der Waals surface area contributed by atoms with Crippen LogP contribution in [0.3, 0.4) is 0 Å². The molecule has 0 aliphatic rings. The van der Waals surface area contributed by atoms with Crippen LogP contribution >= 0.6 is 27.7 Å². The van der Waals surface area contributed by atoms with Crippen LogP contribution in [-0.4, -0.2) is 32.5 Å². The third-order valence-corrected chi connectivity index (χ3v) is 5.20. The summed E-state index contributed by atoms with van der Waals surface area (Å²) >= 11 is 5.38. The zero-order valence-corrected chi connectivity index (χ0v) is 14.0. The van der Waals surface area contributed by atoms with Crippen LogP contribution in [0.15, 0.2) is 4.47 Å². The predicted octanol–water partition coefficient (Wildman–Crippen LogP) is 3.27. The third kappa shape index (κ3) is 4.59. The highest BCUT2D eigenvalue weighted by atomic mass is 79.9. The van der Waals surface area contributed by atoms with Crippen molar-refractivity contribution in [3.05, 3.63) is 15.9 Å². The van der Waals surface area contributed by atoms with Crippen LogP contribution in [0, 0.1) is 12.8 Å². The van der Waals surface area contributed by atoms with Gasteiger partial charge in [0.15, 0.2) is 0 Å². The predicted molar refractivity (Wildman–Crippen MR) is 82.2 cm³/mol. The summed E-state index contributed by atoms with van der Waals surface area (Å²) in [7, 11) is 0. The Bertz CT molecular complexity index is 379. The minimum Gasteiger partial charge on any atom is -0.392 e. The highest BCUT2D eigenvalue weighted by molar-refractivity contribution is 9.10. The van der Waals surface area contributed by atoms with E-state index in [9.17, 15) is 5.11 Å². The van der Waals surface area contributed by atoms with E-state index in [0.29, 0.717) is 12.3 Å². The summed E-state index contributed by atoms with van der Waals surface area (Å²) in [6.07, 6.45) is 0.367. The number of aliphatic hydroxyl groups is 1. The Balaban J connectivity index is 2.55. The van der Waals surface area contributed by atoms with Gasteiger partial charge in [-0.05, 0) is 41.4 Å². The second kappa shape index (κ2) is 7.56. The standard InChI is InChI=1S/C13H23BrN2OS/c1-5-16-12(13(14)10(4)15-16)6-11(17)8-18-7-9(2)3/h9,11,17H,5-8H2,1-4H3. The van der Waals surface area contributed by atoms with Gasteiger partial charge in [-0.25, -0.2) is 0 Å². The van der Waals surface area contributed by atoms with E-state index >= 15 is 0 Å². The molecule has 104 valence electrons. The van der Waals surface area contributed by atoms with E-state index in [2.05, 4.69) is 41.8 Å². The molecule has 0 spiro atoms. The largest absolute Gasteiger partial charge is 0.392 e. The molecule has 1 atom stereocenters. The van der Waals surface area contributed by atoms with Gasteiger partial charge in [0.05, 0.1) is 22.0 Å². The Morgan fingerprint density at radius 2 is 2.06 bits per heavy atom. The van der Waals surface area contributed by atoms with E-state index in [1.807, 2.05) is 23.4 Å². The average molecular weight is 335 g/mol. The van der Waals surface area contributed by atoms with Crippen LogP contribution in [0.5, 0.6) is 0 Å². The molecule has 0 saturated carbocycles. The fourth-order valence-electron chi connectivity index (χ4n) is 1.79. The molecule has 0 saturated heterocycles. The fraction of sp³-hybridized carbons (Fsp3) is 0.769. The summed E-state index contributed by atoms with van der Waals surface area (Å²) in [4.78, 5) is 0. The van der Waals surface area contributed by atoms with Crippen molar-refractivity contribution in [1.82, 2.24) is 9.78 Å². The third-order valence-electron chi connectivity index (χ3n) is 2.64. The Morgan fingerprint density at radius 3 is 2.61 bits per heavy atom. The van der Waals surface area contributed by atoms with Crippen LogP contribution in [0.25, 0.3) is 0 Å². The lowest BCUT2D eigenvalue weighted by molar-refractivity contribution is 0.196. The highest BCUT2D eigenvalue weighted by Gasteiger charge is 2.16. The van der Waals surface area contributed by atoms with Gasteiger partial charge in [-0.1, -0.05) is 13.8 Å². The Hall–Kier alpha value is -0.0000000000000000555. The molecule has 0 aromatic carbocycles. The SMILES string of the molecule is CCn1nc(C)c(Br)c1CC(O)CSCC(C)C. The number of aliphatic hydroxyl groups excluding tert-OH is 1. The van der Waals surface area contributed by atoms with Gasteiger partial charge in [-0.15, -0.1) is 0 Å². The average Bonchev–Trinajstić information content (AvgIpc) is 2.56. The van der Waals surface area contributed by atoms with Crippen molar-refractivity contribution < 1.29 is 5.11 Å². The van der Waals surface area contributed by atoms with Crippen molar-refractivity contribution in [2.24, 2.45) is 5.92 Å². The first-order valence-electron chi connectivity index (χ1n) is 6.43. The molecule has 0 radical (unpaired) electrons. The van der Waals surface area contributed by atoms with E-state index in [1.165, 1.54) is 0 Å². The molecule has 1 heterocycles. The van der Waals surface area contributed by atoms with Gasteiger partial charge >= 0.3 is 0 Å². The van der Waals surface area contributed by atoms with Crippen LogP contribution in [0.2, 0.25) is 0 Å². The molecular formula is C13H23BrN2OS. The number of hydrogen-bond donors (Lipinski definition) is 1. The molecule has 3 nitrogen and oxygen atoms in total. The van der Waals surface area contributed by atoms with Gasteiger partial charge in [0.25, 0.3) is 0 Å². The minimum absolute atomic E-state index is 0.300. The number of nitrogens with zero attached hydrogens (tertiary/aromatic N) is 2. The Labute approximate surface area is 122 Å². The number of rotatable bonds is 7. The maximum absolute atomic E-state index is 10.1. The minimum atomic E-state index is -0.300. The van der Waals surface area contributed by atoms with Gasteiger partial charge in [-0.3, -0.25) is 4.68 Å². The second-order valence-corrected chi connectivity index (χ2v) is 6.82. The lowest BCUT2D eigenvalue weighted by Gasteiger charge is -2.12. The molecule has 1 rings (SSSR count). The Morgan fingerprint density at radius 1 is 1.39 bits per heavy atom. The van der Waals surface area contributed by atoms with E-state index in [0.717, 1.165) is 33.9 Å². The fourth-order valence-corrected chi connectivity index (χ4v) is 3.23. The van der Waals surface area contributed by atoms with Crippen LogP contribution in [-0.2, 0) is 13.0 Å². The smallest absolute Gasteiger partial charge is 0.0738 e. The van der Waals surface area contributed by atoms with Gasteiger partial charge in [0.2, 0.25) is 0 Å². The summed E-state index contributed by atoms with van der Waals surface area (Å²) in [5, 5.41) is 14.5. The van der Waals surface area contributed by atoms with Crippen molar-refractivity contribution in [2.45, 2.75) is 46.8 Å². The molecule has 1 unspecified atom stereocenters. The van der Waals surface area contributed by atoms with Gasteiger partial charge in [0, 0.05) is 18.7 Å². The van der Waals surface area contributed by atoms with Crippen LogP contribution in [0.4, 0.5) is 0 Å². The van der Waals surface area contributed by atoms with Gasteiger partial charge in [0.1, 0.15) is 0 Å². The molecule has 5 heteroatoms. The van der Waals surface area contributed by atoms with E-state index < -0.39 is 0 Å². The first-order valence-corrected chi connectivity index (χ1v) is 8.38. The monoisotopic (exact) mass is 334 g/mol. The first-order chi connectivity index (χ1) is 8.45. The van der Waals surface area contributed by atoms with Crippen molar-refractivity contribution >= 4 is 27.7 Å². The lowest BCUT2D eigenvalue weighted by atomic mass is 10.2. The maximum atomic E-state index is 10.1. The topological polar surface area (TPSA) is 38.0 Å². The number of aryl methyl sites for hydroxylation is 2. The van der Waals surface area contributed by atoms with Gasteiger partial charge < -0.3 is 5.11 Å². The highest BCUT2D eigenvalue weighted by Crippen LogP contribution is 2.23.